The van der Waals surface area contributed by atoms with Crippen molar-refractivity contribution in [1.29, 1.82) is 0 Å². The van der Waals surface area contributed by atoms with Crippen LogP contribution in [0.5, 0.6) is 0 Å². The predicted molar refractivity (Wildman–Crippen MR) is 58.5 cm³/mol. The van der Waals surface area contributed by atoms with E-state index in [0.717, 1.165) is 6.42 Å². The average Bonchev–Trinajstić information content (AvgIpc) is 2.29. The van der Waals surface area contributed by atoms with E-state index < -0.39 is 18.2 Å². The van der Waals surface area contributed by atoms with Gasteiger partial charge in [-0.2, -0.15) is 0 Å². The van der Waals surface area contributed by atoms with E-state index in [1.807, 2.05) is 6.92 Å². The summed E-state index contributed by atoms with van der Waals surface area (Å²) in [4.78, 5) is 10.8. The van der Waals surface area contributed by atoms with E-state index in [1.54, 1.807) is 12.1 Å². The first kappa shape index (κ1) is 10.8. The van der Waals surface area contributed by atoms with Gasteiger partial charge in [0.15, 0.2) is 0 Å². The summed E-state index contributed by atoms with van der Waals surface area (Å²) in [6.07, 6.45) is -0.290. The number of aryl methyl sites for hydroxylation is 1. The molecule has 0 bridgehead atoms. The zero-order valence-corrected chi connectivity index (χ0v) is 12.0. The van der Waals surface area contributed by atoms with Gasteiger partial charge < -0.3 is 9.90 Å². The Balaban J connectivity index is 0.00000324. The minimum Gasteiger partial charge on any atom is -0.550 e. The van der Waals surface area contributed by atoms with E-state index in [9.17, 15) is 9.90 Å². The van der Waals surface area contributed by atoms with Crippen LogP contribution >= 0.6 is 0 Å². The Morgan fingerprint density at radius 3 is 2.50 bits per heavy atom. The van der Waals surface area contributed by atoms with E-state index >= 15 is 0 Å². The third-order valence-electron chi connectivity index (χ3n) is 2.20. The summed E-state index contributed by atoms with van der Waals surface area (Å²) in [5.74, 6) is -3.28. The Hall–Kier alpha value is -0.310. The monoisotopic (exact) mass is 231 g/mol. The Kier molecular flexibility index (Phi) is 5.33. The van der Waals surface area contributed by atoms with E-state index in [2.05, 4.69) is 0 Å². The van der Waals surface area contributed by atoms with Crippen LogP contribution in [0.4, 0.5) is 0 Å². The second-order valence-corrected chi connectivity index (χ2v) is 3.42. The van der Waals surface area contributed by atoms with Gasteiger partial charge in [0.2, 0.25) is 0 Å². The largest absolute Gasteiger partial charge is 1.00 e. The molecule has 0 N–H and O–H groups in total. The smallest absolute Gasteiger partial charge is 0.550 e. The zero-order chi connectivity index (χ0) is 14.0. The van der Waals surface area contributed by atoms with Crippen LogP contribution in [0.3, 0.4) is 0 Å². The molecule has 1 aromatic carbocycles. The molecule has 16 heavy (non-hydrogen) atoms. The van der Waals surface area contributed by atoms with Crippen LogP contribution in [-0.4, -0.2) is 5.97 Å². The molecule has 1 unspecified atom stereocenters. The minimum atomic E-state index is -1.81. The molecule has 0 radical (unpaired) electrons. The summed E-state index contributed by atoms with van der Waals surface area (Å²) in [5.41, 5.74) is 0.792. The molecule has 0 spiro atoms. The van der Waals surface area contributed by atoms with Crippen molar-refractivity contribution in [3.63, 3.8) is 0 Å². The van der Waals surface area contributed by atoms with Crippen LogP contribution < -0.4 is 34.7 Å². The fourth-order valence-electron chi connectivity index (χ4n) is 1.23. The van der Waals surface area contributed by atoms with E-state index in [1.165, 1.54) is 19.1 Å². The standard InChI is InChI=1S/C13H18O2.Na/c1-3-4-5-11-6-8-12(9-7-11)10(2)13(14)15;/h6-10H,3-5H2,1-2H3,(H,14,15);/q;+1/p-1/i5D2,10D;. The van der Waals surface area contributed by atoms with Crippen LogP contribution in [0.25, 0.3) is 0 Å². The first-order chi connectivity index (χ1) is 8.21. The molecular weight excluding hydrogens is 211 g/mol. The summed E-state index contributed by atoms with van der Waals surface area (Å²) in [6, 6.07) is 6.04. The molecule has 1 rings (SSSR count). The second-order valence-electron chi connectivity index (χ2n) is 3.42. The van der Waals surface area contributed by atoms with Crippen LogP contribution in [0, 0.1) is 0 Å². The van der Waals surface area contributed by atoms with E-state index in [0.29, 0.717) is 17.5 Å². The van der Waals surface area contributed by atoms with Crippen LogP contribution in [0.15, 0.2) is 24.3 Å². The van der Waals surface area contributed by atoms with Gasteiger partial charge in [0.05, 0.1) is 0 Å². The van der Waals surface area contributed by atoms with Gasteiger partial charge in [-0.25, -0.2) is 0 Å². The van der Waals surface area contributed by atoms with Gasteiger partial charge in [-0.1, -0.05) is 44.5 Å². The Bertz CT molecular complexity index is 430. The normalized spacial score (nSPS) is 17.2. The first-order valence-corrected chi connectivity index (χ1v) is 5.04. The third kappa shape index (κ3) is 4.69. The van der Waals surface area contributed by atoms with E-state index in [4.69, 9.17) is 4.11 Å². The predicted octanol–water partition coefficient (Wildman–Crippen LogP) is -1.11. The summed E-state index contributed by atoms with van der Waals surface area (Å²) in [6.45, 7) is 3.15. The van der Waals surface area contributed by atoms with E-state index in [-0.39, 0.29) is 29.6 Å². The number of hydrogen-bond donors (Lipinski definition) is 0. The number of carbonyl (C=O) groups is 1. The number of benzene rings is 1. The molecule has 1 atom stereocenters. The SMILES string of the molecule is [2H]C([2H])(CCC)c1ccc(C([2H])(C)C(=O)[O-])cc1.[Na+]. The van der Waals surface area contributed by atoms with Crippen LogP contribution in [0.1, 0.15) is 47.8 Å². The summed E-state index contributed by atoms with van der Waals surface area (Å²) in [7, 11) is 0. The average molecular weight is 231 g/mol. The molecule has 1 aromatic rings. The molecule has 0 amide bonds. The molecule has 0 aliphatic rings. The zero-order valence-electron chi connectivity index (χ0n) is 13.0. The number of rotatable bonds is 5. The first-order valence-electron chi connectivity index (χ1n) is 6.54. The van der Waals surface area contributed by atoms with Crippen molar-refractivity contribution in [3.8, 4) is 0 Å². The van der Waals surface area contributed by atoms with Crippen molar-refractivity contribution in [3.05, 3.63) is 35.4 Å². The molecule has 0 fully saturated rings. The quantitative estimate of drug-likeness (QED) is 0.603. The summed E-state index contributed by atoms with van der Waals surface area (Å²) >= 11 is 0. The Labute approximate surface area is 124 Å². The minimum absolute atomic E-state index is 0. The molecular formula is C13H17NaO2. The molecule has 0 aliphatic heterocycles. The van der Waals surface area contributed by atoms with Gasteiger partial charge >= 0.3 is 29.6 Å². The number of hydrogen-bond acceptors (Lipinski definition) is 2. The molecule has 0 heterocycles. The molecule has 0 saturated carbocycles. The molecule has 82 valence electrons. The topological polar surface area (TPSA) is 40.1 Å². The fraction of sp³-hybridized carbons (Fsp3) is 0.462. The van der Waals surface area contributed by atoms with Crippen molar-refractivity contribution in [2.24, 2.45) is 0 Å². The number of carboxylic acids is 1. The molecule has 2 nitrogen and oxygen atoms in total. The van der Waals surface area contributed by atoms with Crippen molar-refractivity contribution in [2.75, 3.05) is 0 Å². The van der Waals surface area contributed by atoms with Crippen molar-refractivity contribution in [2.45, 2.75) is 39.0 Å². The van der Waals surface area contributed by atoms with Gasteiger partial charge in [-0.15, -0.1) is 0 Å². The number of carbonyl (C=O) groups excluding carboxylic acids is 1. The number of aliphatic carboxylic acids is 1. The van der Waals surface area contributed by atoms with Gasteiger partial charge in [-0.3, -0.25) is 0 Å². The van der Waals surface area contributed by atoms with Gasteiger partial charge in [0.25, 0.3) is 0 Å². The maximum atomic E-state index is 10.8. The Morgan fingerprint density at radius 2 is 2.06 bits per heavy atom. The maximum absolute atomic E-state index is 10.8. The van der Waals surface area contributed by atoms with Gasteiger partial charge in [-0.05, 0) is 23.9 Å². The van der Waals surface area contributed by atoms with Gasteiger partial charge in [0.1, 0.15) is 0 Å². The van der Waals surface area contributed by atoms with Crippen molar-refractivity contribution < 1.29 is 43.6 Å². The second kappa shape index (κ2) is 7.88. The molecule has 0 aliphatic carbocycles. The summed E-state index contributed by atoms with van der Waals surface area (Å²) in [5, 5.41) is 10.8. The molecule has 0 aromatic heterocycles. The molecule has 3 heteroatoms. The Morgan fingerprint density at radius 1 is 1.50 bits per heavy atom. The van der Waals surface area contributed by atoms with Crippen molar-refractivity contribution >= 4 is 5.97 Å². The summed E-state index contributed by atoms with van der Waals surface area (Å²) < 4.78 is 23.4. The van der Waals surface area contributed by atoms with Crippen LogP contribution in [0.2, 0.25) is 0 Å². The third-order valence-corrected chi connectivity index (χ3v) is 2.20. The maximum Gasteiger partial charge on any atom is 1.00 e. The number of carboxylic acid groups (broad SMARTS) is 1. The van der Waals surface area contributed by atoms with Crippen LogP contribution in [-0.2, 0) is 11.2 Å². The van der Waals surface area contributed by atoms with Gasteiger partial charge in [0, 0.05) is 16.0 Å². The van der Waals surface area contributed by atoms with Crippen molar-refractivity contribution in [1.82, 2.24) is 0 Å². The molecule has 0 saturated heterocycles. The fourth-order valence-corrected chi connectivity index (χ4v) is 1.23.